The molecule has 0 amide bonds. The zero-order valence-electron chi connectivity index (χ0n) is 14.6. The summed E-state index contributed by atoms with van der Waals surface area (Å²) in [5.41, 5.74) is 3.47. The van der Waals surface area contributed by atoms with Gasteiger partial charge in [0.2, 0.25) is 0 Å². The van der Waals surface area contributed by atoms with E-state index in [-0.39, 0.29) is 0 Å². The number of aromatic nitrogens is 4. The number of para-hydroxylation sites is 3. The van der Waals surface area contributed by atoms with Gasteiger partial charge in [0.25, 0.3) is 0 Å². The van der Waals surface area contributed by atoms with Crippen LogP contribution < -0.4 is 9.80 Å². The molecule has 0 spiro atoms. The van der Waals surface area contributed by atoms with Gasteiger partial charge in [0.15, 0.2) is 5.82 Å². The molecule has 2 heterocycles. The number of hydrogen-bond donors (Lipinski definition) is 0. The second-order valence-electron chi connectivity index (χ2n) is 6.70. The van der Waals surface area contributed by atoms with Crippen LogP contribution in [0.1, 0.15) is 12.7 Å². The Kier molecular flexibility index (Phi) is 4.09. The third-order valence-electron chi connectivity index (χ3n) is 4.62. The molecule has 3 aromatic rings. The fourth-order valence-corrected chi connectivity index (χ4v) is 3.55. The van der Waals surface area contributed by atoms with E-state index in [1.807, 2.05) is 35.0 Å². The van der Waals surface area contributed by atoms with Crippen molar-refractivity contribution in [2.24, 2.45) is 5.92 Å². The minimum atomic E-state index is 0.554. The molecular formula is C19H22N6. The second-order valence-corrected chi connectivity index (χ2v) is 6.70. The molecule has 0 radical (unpaired) electrons. The largest absolute Gasteiger partial charge is 0.373 e. The first-order valence-corrected chi connectivity index (χ1v) is 8.60. The van der Waals surface area contributed by atoms with Gasteiger partial charge < -0.3 is 9.80 Å². The van der Waals surface area contributed by atoms with E-state index >= 15 is 0 Å². The predicted molar refractivity (Wildman–Crippen MR) is 99.1 cm³/mol. The van der Waals surface area contributed by atoms with Crippen LogP contribution in [0.15, 0.2) is 54.6 Å². The van der Waals surface area contributed by atoms with Crippen molar-refractivity contribution in [2.75, 3.05) is 29.9 Å². The number of benzene rings is 2. The van der Waals surface area contributed by atoms with Crippen molar-refractivity contribution in [1.82, 2.24) is 20.2 Å². The van der Waals surface area contributed by atoms with Gasteiger partial charge in [-0.05, 0) is 40.6 Å². The molecule has 1 atom stereocenters. The van der Waals surface area contributed by atoms with Gasteiger partial charge in [-0.15, -0.1) is 5.10 Å². The Morgan fingerprint density at radius 1 is 0.960 bits per heavy atom. The highest BCUT2D eigenvalue weighted by atomic mass is 15.5. The highest BCUT2D eigenvalue weighted by Gasteiger charge is 2.24. The van der Waals surface area contributed by atoms with E-state index in [2.05, 4.69) is 63.6 Å². The van der Waals surface area contributed by atoms with Crippen LogP contribution in [0, 0.1) is 5.92 Å². The van der Waals surface area contributed by atoms with Gasteiger partial charge in [-0.1, -0.05) is 37.3 Å². The van der Waals surface area contributed by atoms with Gasteiger partial charge in [0, 0.05) is 20.1 Å². The topological polar surface area (TPSA) is 50.1 Å². The first kappa shape index (κ1) is 15.6. The molecule has 0 saturated carbocycles. The SMILES string of the molecule is CC1CN(C)c2ccccc2N(Cc2nnnn2-c2ccccc2)C1. The lowest BCUT2D eigenvalue weighted by Crippen LogP contribution is -2.30. The molecule has 0 N–H and O–H groups in total. The first-order chi connectivity index (χ1) is 12.2. The lowest BCUT2D eigenvalue weighted by molar-refractivity contribution is 0.562. The third-order valence-corrected chi connectivity index (χ3v) is 4.62. The van der Waals surface area contributed by atoms with Crippen LogP contribution in [-0.2, 0) is 6.54 Å². The van der Waals surface area contributed by atoms with Crippen LogP contribution >= 0.6 is 0 Å². The van der Waals surface area contributed by atoms with Crippen molar-refractivity contribution >= 4 is 11.4 Å². The van der Waals surface area contributed by atoms with Crippen LogP contribution in [-0.4, -0.2) is 40.3 Å². The number of hydrogen-bond acceptors (Lipinski definition) is 5. The summed E-state index contributed by atoms with van der Waals surface area (Å²) in [5.74, 6) is 1.40. The molecule has 6 heteroatoms. The molecular weight excluding hydrogens is 312 g/mol. The van der Waals surface area contributed by atoms with E-state index in [9.17, 15) is 0 Å². The molecule has 1 aromatic heterocycles. The molecule has 2 aromatic carbocycles. The molecule has 0 aliphatic carbocycles. The summed E-state index contributed by atoms with van der Waals surface area (Å²) < 4.78 is 1.82. The Labute approximate surface area is 147 Å². The van der Waals surface area contributed by atoms with Crippen LogP contribution in [0.2, 0.25) is 0 Å². The maximum absolute atomic E-state index is 4.28. The maximum Gasteiger partial charge on any atom is 0.175 e. The molecule has 6 nitrogen and oxygen atoms in total. The zero-order valence-corrected chi connectivity index (χ0v) is 14.6. The number of anilines is 2. The van der Waals surface area contributed by atoms with Crippen LogP contribution in [0.3, 0.4) is 0 Å². The van der Waals surface area contributed by atoms with Crippen LogP contribution in [0.25, 0.3) is 5.69 Å². The summed E-state index contributed by atoms with van der Waals surface area (Å²) in [6.07, 6.45) is 0. The molecule has 0 fully saturated rings. The van der Waals surface area contributed by atoms with Crippen molar-refractivity contribution < 1.29 is 0 Å². The molecule has 0 saturated heterocycles. The van der Waals surface area contributed by atoms with E-state index in [0.717, 1.165) is 24.6 Å². The van der Waals surface area contributed by atoms with Crippen molar-refractivity contribution in [1.29, 1.82) is 0 Å². The lowest BCUT2D eigenvalue weighted by Gasteiger charge is -2.25. The number of rotatable bonds is 3. The third kappa shape index (κ3) is 3.07. The molecule has 128 valence electrons. The molecule has 1 unspecified atom stereocenters. The van der Waals surface area contributed by atoms with Gasteiger partial charge in [-0.2, -0.15) is 4.68 Å². The number of fused-ring (bicyclic) bond motifs is 1. The zero-order chi connectivity index (χ0) is 17.2. The van der Waals surface area contributed by atoms with Crippen molar-refractivity contribution in [2.45, 2.75) is 13.5 Å². The highest BCUT2D eigenvalue weighted by molar-refractivity contribution is 5.71. The summed E-state index contributed by atoms with van der Waals surface area (Å²) in [7, 11) is 2.16. The molecule has 4 rings (SSSR count). The van der Waals surface area contributed by atoms with Gasteiger partial charge in [0.05, 0.1) is 23.6 Å². The van der Waals surface area contributed by atoms with Gasteiger partial charge in [0.1, 0.15) is 0 Å². The molecule has 25 heavy (non-hydrogen) atoms. The van der Waals surface area contributed by atoms with E-state index in [0.29, 0.717) is 12.5 Å². The van der Waals surface area contributed by atoms with Gasteiger partial charge in [-0.25, -0.2) is 0 Å². The highest BCUT2D eigenvalue weighted by Crippen LogP contribution is 2.33. The minimum absolute atomic E-state index is 0.554. The Morgan fingerprint density at radius 3 is 2.48 bits per heavy atom. The quantitative estimate of drug-likeness (QED) is 0.737. The van der Waals surface area contributed by atoms with E-state index in [1.54, 1.807) is 0 Å². The standard InChI is InChI=1S/C19H22N6/c1-15-12-23(2)17-10-6-7-11-18(17)24(13-15)14-19-20-21-22-25(19)16-8-4-3-5-9-16/h3-11,15H,12-14H2,1-2H3. The maximum atomic E-state index is 4.28. The summed E-state index contributed by atoms with van der Waals surface area (Å²) >= 11 is 0. The van der Waals surface area contributed by atoms with Crippen molar-refractivity contribution in [3.63, 3.8) is 0 Å². The Balaban J connectivity index is 1.69. The first-order valence-electron chi connectivity index (χ1n) is 8.60. The lowest BCUT2D eigenvalue weighted by atomic mass is 10.1. The predicted octanol–water partition coefficient (Wildman–Crippen LogP) is 2.75. The van der Waals surface area contributed by atoms with Crippen molar-refractivity contribution in [3.05, 3.63) is 60.4 Å². The Hall–Kier alpha value is -2.89. The minimum Gasteiger partial charge on any atom is -0.373 e. The Bertz CT molecular complexity index is 844. The van der Waals surface area contributed by atoms with E-state index in [1.165, 1.54) is 11.4 Å². The normalized spacial score (nSPS) is 17.3. The average molecular weight is 334 g/mol. The van der Waals surface area contributed by atoms with Crippen molar-refractivity contribution in [3.8, 4) is 5.69 Å². The van der Waals surface area contributed by atoms with Gasteiger partial charge >= 0.3 is 0 Å². The summed E-state index contributed by atoms with van der Waals surface area (Å²) in [5, 5.41) is 12.4. The van der Waals surface area contributed by atoms with E-state index < -0.39 is 0 Å². The second kappa shape index (κ2) is 6.55. The number of nitrogens with zero attached hydrogens (tertiary/aromatic N) is 6. The van der Waals surface area contributed by atoms with Crippen LogP contribution in [0.5, 0.6) is 0 Å². The van der Waals surface area contributed by atoms with E-state index in [4.69, 9.17) is 0 Å². The molecule has 0 bridgehead atoms. The van der Waals surface area contributed by atoms with Crippen LogP contribution in [0.4, 0.5) is 11.4 Å². The van der Waals surface area contributed by atoms with Gasteiger partial charge in [-0.3, -0.25) is 0 Å². The number of tetrazole rings is 1. The summed E-state index contributed by atoms with van der Waals surface area (Å²) in [6, 6.07) is 18.6. The smallest absolute Gasteiger partial charge is 0.175 e. The monoisotopic (exact) mass is 334 g/mol. The molecule has 1 aliphatic heterocycles. The fourth-order valence-electron chi connectivity index (χ4n) is 3.55. The summed E-state index contributed by atoms with van der Waals surface area (Å²) in [4.78, 5) is 4.72. The average Bonchev–Trinajstić information content (AvgIpc) is 3.05. The fraction of sp³-hybridized carbons (Fsp3) is 0.316. The Morgan fingerprint density at radius 2 is 1.68 bits per heavy atom. The summed E-state index contributed by atoms with van der Waals surface area (Å²) in [6.45, 7) is 4.98. The molecule has 1 aliphatic rings.